The van der Waals surface area contributed by atoms with E-state index in [1.165, 1.54) is 0 Å². The molecule has 0 radical (unpaired) electrons. The van der Waals surface area contributed by atoms with Crippen molar-refractivity contribution in [2.45, 2.75) is 19.4 Å². The van der Waals surface area contributed by atoms with Crippen LogP contribution in [-0.2, 0) is 0 Å². The summed E-state index contributed by atoms with van der Waals surface area (Å²) in [5.41, 5.74) is 8.19. The molecule has 0 saturated heterocycles. The molecule has 0 amide bonds. The largest absolute Gasteiger partial charge is 0.454 e. The zero-order chi connectivity index (χ0) is 11.7. The first-order valence-corrected chi connectivity index (χ1v) is 5.86. The lowest BCUT2D eigenvalue weighted by Crippen LogP contribution is -2.11. The van der Waals surface area contributed by atoms with Crippen LogP contribution >= 0.6 is 28.3 Å². The summed E-state index contributed by atoms with van der Waals surface area (Å²) in [6, 6.07) is 3.76. The van der Waals surface area contributed by atoms with Crippen LogP contribution < -0.4 is 15.2 Å². The van der Waals surface area contributed by atoms with Gasteiger partial charge in [-0.05, 0) is 31.0 Å². The van der Waals surface area contributed by atoms with E-state index >= 15 is 0 Å². The van der Waals surface area contributed by atoms with E-state index in [1.807, 2.05) is 19.1 Å². The third kappa shape index (κ3) is 3.15. The minimum absolute atomic E-state index is 0. The number of ether oxygens (including phenoxy) is 2. The van der Waals surface area contributed by atoms with Crippen LogP contribution in [0.5, 0.6) is 11.5 Å². The normalized spacial score (nSPS) is 14.1. The van der Waals surface area contributed by atoms with Gasteiger partial charge >= 0.3 is 0 Å². The van der Waals surface area contributed by atoms with E-state index in [-0.39, 0.29) is 25.2 Å². The van der Waals surface area contributed by atoms with Crippen LogP contribution in [0.1, 0.15) is 24.9 Å². The fourth-order valence-corrected chi connectivity index (χ4v) is 2.32. The maximum Gasteiger partial charge on any atom is 0.231 e. The third-order valence-electron chi connectivity index (χ3n) is 2.46. The summed E-state index contributed by atoms with van der Waals surface area (Å²) < 4.78 is 11.6. The molecular formula is C12H15BrClNO2. The summed E-state index contributed by atoms with van der Waals surface area (Å²) in [4.78, 5) is 0. The van der Waals surface area contributed by atoms with Crippen molar-refractivity contribution in [2.75, 3.05) is 6.79 Å². The van der Waals surface area contributed by atoms with Crippen molar-refractivity contribution in [3.8, 4) is 11.5 Å². The van der Waals surface area contributed by atoms with Gasteiger partial charge in [-0.1, -0.05) is 21.5 Å². The van der Waals surface area contributed by atoms with Crippen molar-refractivity contribution in [1.82, 2.24) is 0 Å². The first-order valence-electron chi connectivity index (χ1n) is 5.07. The second-order valence-electron chi connectivity index (χ2n) is 3.99. The highest BCUT2D eigenvalue weighted by molar-refractivity contribution is 9.10. The Bertz CT molecular complexity index is 437. The minimum Gasteiger partial charge on any atom is -0.454 e. The van der Waals surface area contributed by atoms with E-state index in [1.54, 1.807) is 0 Å². The molecule has 1 aliphatic rings. The van der Waals surface area contributed by atoms with E-state index in [9.17, 15) is 0 Å². The Labute approximate surface area is 116 Å². The fourth-order valence-electron chi connectivity index (χ4n) is 1.70. The van der Waals surface area contributed by atoms with Gasteiger partial charge in [0.1, 0.15) is 0 Å². The number of hydrogen-bond donors (Lipinski definition) is 1. The lowest BCUT2D eigenvalue weighted by Gasteiger charge is -2.14. The van der Waals surface area contributed by atoms with E-state index < -0.39 is 0 Å². The predicted octanol–water partition coefficient (Wildman–Crippen LogP) is 3.57. The van der Waals surface area contributed by atoms with Gasteiger partial charge in [0.25, 0.3) is 0 Å². The Balaban J connectivity index is 0.00000144. The summed E-state index contributed by atoms with van der Waals surface area (Å²) in [5, 5.41) is 0. The zero-order valence-electron chi connectivity index (χ0n) is 9.53. The second-order valence-corrected chi connectivity index (χ2v) is 4.85. The topological polar surface area (TPSA) is 44.5 Å². The van der Waals surface area contributed by atoms with Gasteiger partial charge in [0.05, 0.1) is 0 Å². The summed E-state index contributed by atoms with van der Waals surface area (Å²) >= 11 is 3.50. The number of halogens is 2. The van der Waals surface area contributed by atoms with Crippen LogP contribution in [0.2, 0.25) is 0 Å². The third-order valence-corrected chi connectivity index (χ3v) is 3.15. The van der Waals surface area contributed by atoms with Crippen molar-refractivity contribution >= 4 is 28.3 Å². The van der Waals surface area contributed by atoms with Gasteiger partial charge < -0.3 is 15.2 Å². The predicted molar refractivity (Wildman–Crippen MR) is 73.9 cm³/mol. The van der Waals surface area contributed by atoms with E-state index in [4.69, 9.17) is 15.2 Å². The number of fused-ring (bicyclic) bond motifs is 1. The molecule has 0 aromatic heterocycles. The van der Waals surface area contributed by atoms with Crippen LogP contribution in [0.25, 0.3) is 0 Å². The molecule has 0 spiro atoms. The summed E-state index contributed by atoms with van der Waals surface area (Å²) in [5.74, 6) is 1.52. The molecule has 1 aliphatic heterocycles. The molecule has 1 atom stereocenters. The maximum absolute atomic E-state index is 6.10. The van der Waals surface area contributed by atoms with Gasteiger partial charge in [-0.3, -0.25) is 0 Å². The number of hydrogen-bond acceptors (Lipinski definition) is 3. The second kappa shape index (κ2) is 5.76. The number of rotatable bonds is 3. The van der Waals surface area contributed by atoms with Crippen molar-refractivity contribution in [3.63, 3.8) is 0 Å². The first kappa shape index (κ1) is 14.4. The Hall–Kier alpha value is -0.710. The molecule has 1 heterocycles. The quantitative estimate of drug-likeness (QED) is 0.866. The lowest BCUT2D eigenvalue weighted by molar-refractivity contribution is 0.174. The number of nitrogens with two attached hydrogens (primary N) is 1. The summed E-state index contributed by atoms with van der Waals surface area (Å²) in [7, 11) is 0. The van der Waals surface area contributed by atoms with Crippen LogP contribution in [0, 0.1) is 0 Å². The average Bonchev–Trinajstić information content (AvgIpc) is 2.61. The molecule has 1 aromatic carbocycles. The van der Waals surface area contributed by atoms with Gasteiger partial charge in [0.15, 0.2) is 11.5 Å². The highest BCUT2D eigenvalue weighted by Gasteiger charge is 2.19. The monoisotopic (exact) mass is 319 g/mol. The van der Waals surface area contributed by atoms with Gasteiger partial charge in [-0.2, -0.15) is 0 Å². The molecule has 0 saturated carbocycles. The molecule has 5 heteroatoms. The van der Waals surface area contributed by atoms with Gasteiger partial charge in [0, 0.05) is 10.5 Å². The fraction of sp³-hybridized carbons (Fsp3) is 0.333. The standard InChI is InChI=1S/C12H14BrNO2.ClH/c1-7(2)3-10(14)8-4-11-12(5-9(8)13)16-6-15-11;/h4-5,10H,1,3,6,14H2,2H3;1H/t10-;/m0./s1. The number of benzene rings is 1. The van der Waals surface area contributed by atoms with Crippen molar-refractivity contribution in [1.29, 1.82) is 0 Å². The molecular weight excluding hydrogens is 305 g/mol. The maximum atomic E-state index is 6.10. The van der Waals surface area contributed by atoms with Gasteiger partial charge in [-0.25, -0.2) is 0 Å². The molecule has 2 N–H and O–H groups in total. The summed E-state index contributed by atoms with van der Waals surface area (Å²) in [6.45, 7) is 6.12. The Kier molecular flexibility index (Phi) is 4.86. The molecule has 0 unspecified atom stereocenters. The van der Waals surface area contributed by atoms with E-state index in [2.05, 4.69) is 22.5 Å². The van der Waals surface area contributed by atoms with Gasteiger partial charge in [0.2, 0.25) is 6.79 Å². The SMILES string of the molecule is C=C(C)C[C@H](N)c1cc2c(cc1Br)OCO2.Cl. The molecule has 1 aromatic rings. The molecule has 0 bridgehead atoms. The molecule has 94 valence electrons. The van der Waals surface area contributed by atoms with E-state index in [0.717, 1.165) is 33.5 Å². The highest BCUT2D eigenvalue weighted by atomic mass is 79.9. The molecule has 2 rings (SSSR count). The van der Waals surface area contributed by atoms with Crippen molar-refractivity contribution in [3.05, 3.63) is 34.3 Å². The Morgan fingerprint density at radius 1 is 1.47 bits per heavy atom. The van der Waals surface area contributed by atoms with Crippen molar-refractivity contribution < 1.29 is 9.47 Å². The zero-order valence-corrected chi connectivity index (χ0v) is 11.9. The van der Waals surface area contributed by atoms with E-state index in [0.29, 0.717) is 0 Å². The summed E-state index contributed by atoms with van der Waals surface area (Å²) in [6.07, 6.45) is 0.762. The first-order chi connectivity index (χ1) is 7.58. The smallest absolute Gasteiger partial charge is 0.231 e. The average molecular weight is 321 g/mol. The minimum atomic E-state index is -0.0682. The van der Waals surface area contributed by atoms with Crippen molar-refractivity contribution in [2.24, 2.45) is 5.73 Å². The van der Waals surface area contributed by atoms with Crippen LogP contribution in [0.3, 0.4) is 0 Å². The molecule has 0 aliphatic carbocycles. The Morgan fingerprint density at radius 2 is 2.06 bits per heavy atom. The Morgan fingerprint density at radius 3 is 2.65 bits per heavy atom. The van der Waals surface area contributed by atoms with Crippen LogP contribution in [0.15, 0.2) is 28.8 Å². The molecule has 0 fully saturated rings. The lowest BCUT2D eigenvalue weighted by atomic mass is 10.0. The van der Waals surface area contributed by atoms with Gasteiger partial charge in [-0.15, -0.1) is 19.0 Å². The van der Waals surface area contributed by atoms with Crippen LogP contribution in [-0.4, -0.2) is 6.79 Å². The molecule has 3 nitrogen and oxygen atoms in total. The molecule has 17 heavy (non-hydrogen) atoms. The van der Waals surface area contributed by atoms with Crippen LogP contribution in [0.4, 0.5) is 0 Å². The highest BCUT2D eigenvalue weighted by Crippen LogP contribution is 2.39.